The lowest BCUT2D eigenvalue weighted by molar-refractivity contribution is -0.384. The molecule has 0 heterocycles. The number of rotatable bonds is 5. The Bertz CT molecular complexity index is 1180. The van der Waals surface area contributed by atoms with E-state index < -0.39 is 4.92 Å². The standard InChI is InChI=1S/C28H32ClNO4/c1-6-17-10-14(3)11-18(7-2)25(17)26-27(31)23-15(4)12-21(16(5)24(23)28(26)32)20-9-8-19(30(33)34)13-22(20)29/h8-11,13,15-16,21,23-24,32H,6-7,12H2,1-5H3/t15?,16?,21?,23-,24+/m0/s1. The lowest BCUT2D eigenvalue weighted by Crippen LogP contribution is -2.38. The third-order valence-electron chi connectivity index (χ3n) is 8.00. The van der Waals surface area contributed by atoms with Gasteiger partial charge in [-0.05, 0) is 66.2 Å². The van der Waals surface area contributed by atoms with Gasteiger partial charge >= 0.3 is 0 Å². The first kappa shape index (κ1) is 24.5. The molecule has 0 bridgehead atoms. The van der Waals surface area contributed by atoms with E-state index in [1.807, 2.05) is 0 Å². The fourth-order valence-corrected chi connectivity index (χ4v) is 6.72. The highest BCUT2D eigenvalue weighted by atomic mass is 35.5. The molecule has 3 unspecified atom stereocenters. The molecule has 2 aromatic carbocycles. The van der Waals surface area contributed by atoms with Gasteiger partial charge in [0, 0.05) is 24.0 Å². The molecule has 34 heavy (non-hydrogen) atoms. The van der Waals surface area contributed by atoms with Gasteiger partial charge in [-0.3, -0.25) is 14.9 Å². The first-order valence-corrected chi connectivity index (χ1v) is 12.5. The molecule has 0 amide bonds. The number of carbonyl (C=O) groups excluding carboxylic acids is 1. The highest BCUT2D eigenvalue weighted by Gasteiger charge is 2.53. The molecule has 2 aromatic rings. The number of nitro groups is 1. The molecular weight excluding hydrogens is 450 g/mol. The number of hydrogen-bond donors (Lipinski definition) is 1. The molecule has 4 rings (SSSR count). The SMILES string of the molecule is CCc1cc(C)cc(CC)c1C1=C(O)[C@@H]2C(C)C(c3ccc([N+](=O)[O-])cc3Cl)CC(C)[C@@H]2C1=O. The number of aliphatic hydroxyl groups is 1. The van der Waals surface area contributed by atoms with Crippen molar-refractivity contribution in [1.29, 1.82) is 0 Å². The summed E-state index contributed by atoms with van der Waals surface area (Å²) in [5.74, 6) is -0.318. The third kappa shape index (κ3) is 3.84. The van der Waals surface area contributed by atoms with Crippen molar-refractivity contribution in [2.24, 2.45) is 23.7 Å². The number of allylic oxidation sites excluding steroid dienone is 2. The maximum atomic E-state index is 13.8. The molecule has 6 heteroatoms. The van der Waals surface area contributed by atoms with Crippen LogP contribution in [0.1, 0.15) is 67.9 Å². The molecular formula is C28H32ClNO4. The van der Waals surface area contributed by atoms with Crippen LogP contribution in [0.5, 0.6) is 0 Å². The molecule has 0 aromatic heterocycles. The van der Waals surface area contributed by atoms with Gasteiger partial charge < -0.3 is 5.11 Å². The van der Waals surface area contributed by atoms with Crippen LogP contribution in [0.25, 0.3) is 5.57 Å². The molecule has 180 valence electrons. The summed E-state index contributed by atoms with van der Waals surface area (Å²) in [5.41, 5.74) is 5.58. The van der Waals surface area contributed by atoms with Gasteiger partial charge in [0.2, 0.25) is 0 Å². The van der Waals surface area contributed by atoms with Crippen LogP contribution in [-0.2, 0) is 17.6 Å². The van der Waals surface area contributed by atoms with E-state index in [0.717, 1.165) is 47.1 Å². The molecule has 2 aliphatic rings. The summed E-state index contributed by atoms with van der Waals surface area (Å²) in [4.78, 5) is 24.5. The van der Waals surface area contributed by atoms with Crippen LogP contribution in [0.4, 0.5) is 5.69 Å². The Kier molecular flexibility index (Phi) is 6.61. The Morgan fingerprint density at radius 2 is 1.71 bits per heavy atom. The average molecular weight is 482 g/mol. The number of ketones is 1. The van der Waals surface area contributed by atoms with Crippen molar-refractivity contribution in [1.82, 2.24) is 0 Å². The summed E-state index contributed by atoms with van der Waals surface area (Å²) in [5, 5.41) is 23.1. The first-order valence-electron chi connectivity index (χ1n) is 12.1. The highest BCUT2D eigenvalue weighted by molar-refractivity contribution is 6.31. The molecule has 5 atom stereocenters. The van der Waals surface area contributed by atoms with Crippen LogP contribution in [0.3, 0.4) is 0 Å². The molecule has 0 spiro atoms. The van der Waals surface area contributed by atoms with Gasteiger partial charge in [0.25, 0.3) is 5.69 Å². The van der Waals surface area contributed by atoms with Gasteiger partial charge in [-0.25, -0.2) is 0 Å². The number of aliphatic hydroxyl groups excluding tert-OH is 1. The van der Waals surface area contributed by atoms with Crippen molar-refractivity contribution < 1.29 is 14.8 Å². The lowest BCUT2D eigenvalue weighted by Gasteiger charge is -2.42. The van der Waals surface area contributed by atoms with E-state index in [1.54, 1.807) is 6.07 Å². The average Bonchev–Trinajstić information content (AvgIpc) is 3.06. The molecule has 5 nitrogen and oxygen atoms in total. The maximum absolute atomic E-state index is 13.8. The van der Waals surface area contributed by atoms with Gasteiger partial charge in [-0.1, -0.05) is 63.1 Å². The minimum absolute atomic E-state index is 0.00633. The quantitative estimate of drug-likeness (QED) is 0.361. The number of Topliss-reactive ketones (excluding diaryl/α,β-unsaturated/α-hetero) is 1. The summed E-state index contributed by atoms with van der Waals surface area (Å²) < 4.78 is 0. The van der Waals surface area contributed by atoms with Crippen molar-refractivity contribution in [2.75, 3.05) is 0 Å². The number of carbonyl (C=O) groups is 1. The van der Waals surface area contributed by atoms with Crippen molar-refractivity contribution >= 4 is 28.6 Å². The Morgan fingerprint density at radius 3 is 2.24 bits per heavy atom. The topological polar surface area (TPSA) is 80.4 Å². The number of nitro benzene ring substituents is 1. The zero-order valence-corrected chi connectivity index (χ0v) is 21.1. The monoisotopic (exact) mass is 481 g/mol. The summed E-state index contributed by atoms with van der Waals surface area (Å²) in [6.07, 6.45) is 2.31. The predicted molar refractivity (Wildman–Crippen MR) is 135 cm³/mol. The van der Waals surface area contributed by atoms with Gasteiger partial charge in [0.1, 0.15) is 5.76 Å². The van der Waals surface area contributed by atoms with E-state index in [9.17, 15) is 20.0 Å². The van der Waals surface area contributed by atoms with Crippen LogP contribution in [0.2, 0.25) is 5.02 Å². The summed E-state index contributed by atoms with van der Waals surface area (Å²) in [6, 6.07) is 8.86. The Hall–Kier alpha value is -2.66. The zero-order chi connectivity index (χ0) is 24.9. The predicted octanol–water partition coefficient (Wildman–Crippen LogP) is 7.23. The van der Waals surface area contributed by atoms with Crippen LogP contribution in [0, 0.1) is 40.7 Å². The smallest absolute Gasteiger partial charge is 0.270 e. The summed E-state index contributed by atoms with van der Waals surface area (Å²) >= 11 is 6.50. The van der Waals surface area contributed by atoms with Gasteiger partial charge in [0.05, 0.1) is 15.5 Å². The van der Waals surface area contributed by atoms with Crippen molar-refractivity contribution in [2.45, 2.75) is 59.8 Å². The second kappa shape index (κ2) is 9.18. The molecule has 0 saturated heterocycles. The molecule has 1 fully saturated rings. The number of non-ortho nitro benzene ring substituents is 1. The highest BCUT2D eigenvalue weighted by Crippen LogP contribution is 2.56. The van der Waals surface area contributed by atoms with Crippen LogP contribution >= 0.6 is 11.6 Å². The Balaban J connectivity index is 1.82. The van der Waals surface area contributed by atoms with E-state index in [-0.39, 0.29) is 46.8 Å². The van der Waals surface area contributed by atoms with Crippen molar-refractivity contribution in [3.63, 3.8) is 0 Å². The van der Waals surface area contributed by atoms with E-state index in [4.69, 9.17) is 11.6 Å². The van der Waals surface area contributed by atoms with Gasteiger partial charge in [0.15, 0.2) is 5.78 Å². The molecule has 1 N–H and O–H groups in total. The van der Waals surface area contributed by atoms with E-state index in [2.05, 4.69) is 46.8 Å². The van der Waals surface area contributed by atoms with Crippen LogP contribution < -0.4 is 0 Å². The Labute approximate surface area is 206 Å². The van der Waals surface area contributed by atoms with Crippen LogP contribution in [0.15, 0.2) is 36.1 Å². The third-order valence-corrected chi connectivity index (χ3v) is 8.33. The summed E-state index contributed by atoms with van der Waals surface area (Å²) in [7, 11) is 0. The van der Waals surface area contributed by atoms with Crippen LogP contribution in [-0.4, -0.2) is 15.8 Å². The molecule has 2 aliphatic carbocycles. The number of halogens is 1. The van der Waals surface area contributed by atoms with E-state index in [1.165, 1.54) is 12.1 Å². The van der Waals surface area contributed by atoms with E-state index in [0.29, 0.717) is 10.6 Å². The fraction of sp³-hybridized carbons (Fsp3) is 0.464. The van der Waals surface area contributed by atoms with E-state index >= 15 is 0 Å². The number of aryl methyl sites for hydroxylation is 3. The molecule has 1 saturated carbocycles. The second-order valence-electron chi connectivity index (χ2n) is 9.98. The van der Waals surface area contributed by atoms with Crippen molar-refractivity contribution in [3.8, 4) is 0 Å². The number of benzene rings is 2. The Morgan fingerprint density at radius 1 is 1.09 bits per heavy atom. The molecule has 0 radical (unpaired) electrons. The summed E-state index contributed by atoms with van der Waals surface area (Å²) in [6.45, 7) is 10.4. The van der Waals surface area contributed by atoms with Gasteiger partial charge in [-0.15, -0.1) is 0 Å². The lowest BCUT2D eigenvalue weighted by atomic mass is 9.62. The minimum Gasteiger partial charge on any atom is -0.511 e. The maximum Gasteiger partial charge on any atom is 0.270 e. The first-order chi connectivity index (χ1) is 16.1. The zero-order valence-electron chi connectivity index (χ0n) is 20.4. The second-order valence-corrected chi connectivity index (χ2v) is 10.4. The number of nitrogens with zero attached hydrogens (tertiary/aromatic N) is 1. The minimum atomic E-state index is -0.451. The number of hydrogen-bond acceptors (Lipinski definition) is 4. The fourth-order valence-electron chi connectivity index (χ4n) is 6.41. The van der Waals surface area contributed by atoms with Crippen molar-refractivity contribution in [3.05, 3.63) is 79.0 Å². The van der Waals surface area contributed by atoms with Gasteiger partial charge in [-0.2, -0.15) is 0 Å². The number of fused-ring (bicyclic) bond motifs is 1. The molecule has 0 aliphatic heterocycles. The largest absolute Gasteiger partial charge is 0.511 e. The normalized spacial score (nSPS) is 26.6.